The maximum atomic E-state index is 14.3. The molecule has 0 amide bonds. The summed E-state index contributed by atoms with van der Waals surface area (Å²) in [4.78, 5) is 16.3. The molecule has 0 fully saturated rings. The lowest BCUT2D eigenvalue weighted by molar-refractivity contribution is -0.276. The molecule has 0 saturated carbocycles. The Hall–Kier alpha value is -2.98. The van der Waals surface area contributed by atoms with Crippen LogP contribution in [0.2, 0.25) is 10.0 Å². The summed E-state index contributed by atoms with van der Waals surface area (Å²) in [6.07, 6.45) is -11.3. The molecule has 1 atom stereocenters. The predicted molar refractivity (Wildman–Crippen MR) is 112 cm³/mol. The number of oxime groups is 1. The van der Waals surface area contributed by atoms with E-state index in [4.69, 9.17) is 28.0 Å². The van der Waals surface area contributed by atoms with Crippen LogP contribution in [0.3, 0.4) is 0 Å². The van der Waals surface area contributed by atoms with Gasteiger partial charge < -0.3 is 9.94 Å². The highest BCUT2D eigenvalue weighted by atomic mass is 35.5. The molecule has 1 heterocycles. The van der Waals surface area contributed by atoms with Crippen molar-refractivity contribution in [3.05, 3.63) is 80.8 Å². The minimum atomic E-state index is -5.20. The van der Waals surface area contributed by atoms with Crippen molar-refractivity contribution in [2.75, 3.05) is 0 Å². The standard InChI is InChI=1S/C22H11Cl2F6NO3/c23-16-8-10(7-15(18(16)24)21(25,26)27)20(22(28,29)30)9-17(31-34-20)13-5-6-14(19(32)33)12-4-2-1-3-11(12)13/h1-8H,9H2,(H,32,33). The molecule has 1 unspecified atom stereocenters. The molecule has 4 rings (SSSR count). The number of rotatable bonds is 3. The van der Waals surface area contributed by atoms with Crippen molar-refractivity contribution in [3.63, 3.8) is 0 Å². The van der Waals surface area contributed by atoms with Crippen molar-refractivity contribution in [2.24, 2.45) is 5.16 Å². The average molecular weight is 522 g/mol. The summed E-state index contributed by atoms with van der Waals surface area (Å²) in [6, 6.07) is 9.47. The largest absolute Gasteiger partial charge is 0.478 e. The summed E-state index contributed by atoms with van der Waals surface area (Å²) < 4.78 is 83.1. The fourth-order valence-corrected chi connectivity index (χ4v) is 4.25. The van der Waals surface area contributed by atoms with E-state index in [0.717, 1.165) is 0 Å². The van der Waals surface area contributed by atoms with Gasteiger partial charge in [0, 0.05) is 17.5 Å². The van der Waals surface area contributed by atoms with Crippen LogP contribution in [-0.4, -0.2) is 23.0 Å². The molecule has 0 radical (unpaired) electrons. The van der Waals surface area contributed by atoms with E-state index in [1.165, 1.54) is 24.3 Å². The molecule has 1 aliphatic heterocycles. The molecule has 0 saturated heterocycles. The van der Waals surface area contributed by atoms with Crippen molar-refractivity contribution >= 4 is 45.7 Å². The van der Waals surface area contributed by atoms with Crippen molar-refractivity contribution in [3.8, 4) is 0 Å². The number of carboxylic acids is 1. The van der Waals surface area contributed by atoms with Crippen LogP contribution in [0.1, 0.15) is 33.5 Å². The van der Waals surface area contributed by atoms with E-state index >= 15 is 0 Å². The maximum absolute atomic E-state index is 14.3. The number of aromatic carboxylic acids is 1. The summed E-state index contributed by atoms with van der Waals surface area (Å²) in [5.74, 6) is -1.24. The molecule has 4 nitrogen and oxygen atoms in total. The zero-order valence-electron chi connectivity index (χ0n) is 16.6. The van der Waals surface area contributed by atoms with E-state index in [1.807, 2.05) is 0 Å². The average Bonchev–Trinajstić information content (AvgIpc) is 3.20. The predicted octanol–water partition coefficient (Wildman–Crippen LogP) is 7.45. The number of alkyl halides is 6. The molecule has 1 N–H and O–H groups in total. The van der Waals surface area contributed by atoms with Gasteiger partial charge in [0.1, 0.15) is 0 Å². The second-order valence-electron chi connectivity index (χ2n) is 7.46. The number of carboxylic acid groups (broad SMARTS) is 1. The Bertz CT molecular complexity index is 1350. The number of fused-ring (bicyclic) bond motifs is 1. The summed E-state index contributed by atoms with van der Waals surface area (Å²) in [7, 11) is 0. The molecule has 3 aromatic carbocycles. The number of carbonyl (C=O) groups is 1. The monoisotopic (exact) mass is 521 g/mol. The fourth-order valence-electron chi connectivity index (χ4n) is 3.81. The quantitative estimate of drug-likeness (QED) is 0.364. The third kappa shape index (κ3) is 3.84. The van der Waals surface area contributed by atoms with Crippen LogP contribution >= 0.6 is 23.2 Å². The van der Waals surface area contributed by atoms with Crippen molar-refractivity contribution in [2.45, 2.75) is 24.4 Å². The Morgan fingerprint density at radius 3 is 2.24 bits per heavy atom. The maximum Gasteiger partial charge on any atom is 0.435 e. The van der Waals surface area contributed by atoms with Gasteiger partial charge in [-0.05, 0) is 29.0 Å². The molecule has 178 valence electrons. The first-order valence-electron chi connectivity index (χ1n) is 9.40. The fraction of sp³-hybridized carbons (Fsp3) is 0.182. The van der Waals surface area contributed by atoms with Crippen LogP contribution < -0.4 is 0 Å². The lowest BCUT2D eigenvalue weighted by Crippen LogP contribution is -2.43. The van der Waals surface area contributed by atoms with Crippen molar-refractivity contribution in [1.82, 2.24) is 0 Å². The molecule has 0 bridgehead atoms. The Morgan fingerprint density at radius 1 is 1.00 bits per heavy atom. The van der Waals surface area contributed by atoms with Gasteiger partial charge >= 0.3 is 18.3 Å². The Kier molecular flexibility index (Phi) is 5.72. The van der Waals surface area contributed by atoms with E-state index in [0.29, 0.717) is 6.07 Å². The molecule has 0 spiro atoms. The molecular formula is C22H11Cl2F6NO3. The summed E-state index contributed by atoms with van der Waals surface area (Å²) in [6.45, 7) is 0. The second kappa shape index (κ2) is 8.06. The third-order valence-electron chi connectivity index (χ3n) is 5.45. The van der Waals surface area contributed by atoms with Crippen LogP contribution in [0, 0.1) is 0 Å². The van der Waals surface area contributed by atoms with Crippen LogP contribution in [-0.2, 0) is 16.6 Å². The van der Waals surface area contributed by atoms with E-state index in [9.17, 15) is 36.2 Å². The SMILES string of the molecule is O=C(O)c1ccc(C2=NOC(c3cc(Cl)c(Cl)c(C(F)(F)F)c3)(C(F)(F)F)C2)c2ccccc12. The number of nitrogens with zero attached hydrogens (tertiary/aromatic N) is 1. The lowest BCUT2D eigenvalue weighted by atomic mass is 9.84. The van der Waals surface area contributed by atoms with Crippen LogP contribution in [0.5, 0.6) is 0 Å². The molecule has 1 aliphatic rings. The van der Waals surface area contributed by atoms with Gasteiger partial charge in [-0.15, -0.1) is 0 Å². The van der Waals surface area contributed by atoms with Crippen LogP contribution in [0.25, 0.3) is 10.8 Å². The van der Waals surface area contributed by atoms with E-state index < -0.39 is 51.5 Å². The van der Waals surface area contributed by atoms with Crippen LogP contribution in [0.4, 0.5) is 26.3 Å². The number of hydrogen-bond acceptors (Lipinski definition) is 3. The number of benzene rings is 3. The second-order valence-corrected chi connectivity index (χ2v) is 8.24. The van der Waals surface area contributed by atoms with Gasteiger partial charge in [0.2, 0.25) is 0 Å². The first-order valence-corrected chi connectivity index (χ1v) is 10.2. The minimum absolute atomic E-state index is 0.0831. The lowest BCUT2D eigenvalue weighted by Gasteiger charge is -2.30. The first-order chi connectivity index (χ1) is 15.8. The summed E-state index contributed by atoms with van der Waals surface area (Å²) in [5.41, 5.74) is -5.92. The third-order valence-corrected chi connectivity index (χ3v) is 6.25. The van der Waals surface area contributed by atoms with Crippen LogP contribution in [0.15, 0.2) is 53.7 Å². The molecule has 34 heavy (non-hydrogen) atoms. The Morgan fingerprint density at radius 2 is 1.65 bits per heavy atom. The van der Waals surface area contributed by atoms with Gasteiger partial charge in [0.25, 0.3) is 5.60 Å². The summed E-state index contributed by atoms with van der Waals surface area (Å²) in [5, 5.41) is 11.8. The molecule has 12 heteroatoms. The zero-order chi connectivity index (χ0) is 25.1. The van der Waals surface area contributed by atoms with Crippen molar-refractivity contribution < 1.29 is 41.1 Å². The van der Waals surface area contributed by atoms with Gasteiger partial charge in [-0.3, -0.25) is 0 Å². The van der Waals surface area contributed by atoms with Gasteiger partial charge in [-0.1, -0.05) is 58.7 Å². The van der Waals surface area contributed by atoms with Gasteiger partial charge in [0.15, 0.2) is 0 Å². The Labute approximate surface area is 197 Å². The summed E-state index contributed by atoms with van der Waals surface area (Å²) >= 11 is 11.3. The highest BCUT2D eigenvalue weighted by Crippen LogP contribution is 2.51. The number of halogens is 8. The number of hydrogen-bond donors (Lipinski definition) is 1. The highest BCUT2D eigenvalue weighted by molar-refractivity contribution is 6.42. The molecule has 0 aromatic heterocycles. The van der Waals surface area contributed by atoms with Crippen molar-refractivity contribution in [1.29, 1.82) is 0 Å². The smallest absolute Gasteiger partial charge is 0.435 e. The van der Waals surface area contributed by atoms with Gasteiger partial charge in [0.05, 0.1) is 26.9 Å². The molecular weight excluding hydrogens is 511 g/mol. The molecule has 3 aromatic rings. The van der Waals surface area contributed by atoms with E-state index in [2.05, 4.69) is 5.16 Å². The highest BCUT2D eigenvalue weighted by Gasteiger charge is 2.63. The minimum Gasteiger partial charge on any atom is -0.478 e. The molecule has 0 aliphatic carbocycles. The van der Waals surface area contributed by atoms with Gasteiger partial charge in [-0.2, -0.15) is 26.3 Å². The topological polar surface area (TPSA) is 58.9 Å². The Balaban J connectivity index is 1.87. The first kappa shape index (κ1) is 24.2. The van der Waals surface area contributed by atoms with E-state index in [-0.39, 0.29) is 33.7 Å². The van der Waals surface area contributed by atoms with E-state index in [1.54, 1.807) is 12.1 Å². The normalized spacial score (nSPS) is 18.6. The van der Waals surface area contributed by atoms with Gasteiger partial charge in [-0.25, -0.2) is 4.79 Å². The zero-order valence-corrected chi connectivity index (χ0v) is 18.1.